The number of thiophene rings is 1. The minimum absolute atomic E-state index is 0.570. The summed E-state index contributed by atoms with van der Waals surface area (Å²) in [5.41, 5.74) is 0. The van der Waals surface area contributed by atoms with Gasteiger partial charge in [-0.05, 0) is 11.4 Å². The Morgan fingerprint density at radius 3 is 3.06 bits per heavy atom. The normalized spacial score (nSPS) is 12.9. The van der Waals surface area contributed by atoms with Crippen LogP contribution in [0.1, 0.15) is 23.5 Å². The fourth-order valence-corrected chi connectivity index (χ4v) is 2.43. The van der Waals surface area contributed by atoms with Crippen LogP contribution in [-0.2, 0) is 13.6 Å². The van der Waals surface area contributed by atoms with Crippen LogP contribution in [0, 0.1) is 0 Å². The van der Waals surface area contributed by atoms with Crippen molar-refractivity contribution < 1.29 is 0 Å². The van der Waals surface area contributed by atoms with E-state index in [0.29, 0.717) is 5.92 Å². The fourth-order valence-electron chi connectivity index (χ4n) is 1.64. The molecule has 2 rings (SSSR count). The maximum absolute atomic E-state index is 4.28. The number of rotatable bonds is 5. The van der Waals surface area contributed by atoms with Crippen LogP contribution in [-0.4, -0.2) is 16.1 Å². The van der Waals surface area contributed by atoms with E-state index in [4.69, 9.17) is 0 Å². The Kier molecular flexibility index (Phi) is 3.74. The summed E-state index contributed by atoms with van der Waals surface area (Å²) < 4.78 is 2.04. The summed E-state index contributed by atoms with van der Waals surface area (Å²) >= 11 is 1.82. The average Bonchev–Trinajstić information content (AvgIpc) is 2.90. The second kappa shape index (κ2) is 5.27. The molecule has 0 saturated carbocycles. The zero-order valence-electron chi connectivity index (χ0n) is 9.68. The first-order valence-corrected chi connectivity index (χ1v) is 6.35. The number of hydrogen-bond donors (Lipinski definition) is 1. The standard InChI is InChI=1S/C12H17N3S/c1-10(11-4-3-7-16-11)8-13-9-12-14-5-6-15(12)2/h3-7,10,13H,8-9H2,1-2H3. The Bertz CT molecular complexity index is 419. The van der Waals surface area contributed by atoms with Crippen LogP contribution in [0.2, 0.25) is 0 Å². The molecule has 0 aliphatic rings. The van der Waals surface area contributed by atoms with Crippen LogP contribution in [0.4, 0.5) is 0 Å². The summed E-state index contributed by atoms with van der Waals surface area (Å²) in [6.45, 7) is 4.07. The minimum Gasteiger partial charge on any atom is -0.337 e. The second-order valence-electron chi connectivity index (χ2n) is 4.00. The summed E-state index contributed by atoms with van der Waals surface area (Å²) in [7, 11) is 2.02. The van der Waals surface area contributed by atoms with Crippen molar-refractivity contribution in [1.82, 2.24) is 14.9 Å². The second-order valence-corrected chi connectivity index (χ2v) is 4.98. The Morgan fingerprint density at radius 2 is 2.44 bits per heavy atom. The maximum atomic E-state index is 4.28. The van der Waals surface area contributed by atoms with Crippen molar-refractivity contribution in [2.45, 2.75) is 19.4 Å². The average molecular weight is 235 g/mol. The summed E-state index contributed by atoms with van der Waals surface area (Å²) in [5, 5.41) is 5.57. The van der Waals surface area contributed by atoms with Crippen molar-refractivity contribution in [2.24, 2.45) is 7.05 Å². The molecule has 4 heteroatoms. The van der Waals surface area contributed by atoms with E-state index >= 15 is 0 Å². The molecule has 2 aromatic rings. The molecule has 3 nitrogen and oxygen atoms in total. The van der Waals surface area contributed by atoms with Crippen LogP contribution in [0.3, 0.4) is 0 Å². The van der Waals surface area contributed by atoms with Crippen molar-refractivity contribution in [3.05, 3.63) is 40.6 Å². The molecule has 1 unspecified atom stereocenters. The quantitative estimate of drug-likeness (QED) is 0.862. The summed E-state index contributed by atoms with van der Waals surface area (Å²) in [4.78, 5) is 5.72. The van der Waals surface area contributed by atoms with Gasteiger partial charge in [0.25, 0.3) is 0 Å². The Hall–Kier alpha value is -1.13. The lowest BCUT2D eigenvalue weighted by Gasteiger charge is -2.10. The van der Waals surface area contributed by atoms with Gasteiger partial charge in [-0.15, -0.1) is 11.3 Å². The molecule has 2 heterocycles. The van der Waals surface area contributed by atoms with E-state index < -0.39 is 0 Å². The fraction of sp³-hybridized carbons (Fsp3) is 0.417. The number of aromatic nitrogens is 2. The topological polar surface area (TPSA) is 29.9 Å². The number of aryl methyl sites for hydroxylation is 1. The zero-order chi connectivity index (χ0) is 11.4. The Morgan fingerprint density at radius 1 is 1.56 bits per heavy atom. The van der Waals surface area contributed by atoms with Gasteiger partial charge in [-0.3, -0.25) is 0 Å². The lowest BCUT2D eigenvalue weighted by atomic mass is 10.1. The number of nitrogens with zero attached hydrogens (tertiary/aromatic N) is 2. The van der Waals surface area contributed by atoms with Gasteiger partial charge in [-0.1, -0.05) is 13.0 Å². The summed E-state index contributed by atoms with van der Waals surface area (Å²) in [5.74, 6) is 1.65. The molecule has 0 bridgehead atoms. The highest BCUT2D eigenvalue weighted by Crippen LogP contribution is 2.19. The molecule has 0 fully saturated rings. The van der Waals surface area contributed by atoms with Crippen molar-refractivity contribution in [3.8, 4) is 0 Å². The molecule has 0 saturated heterocycles. The van der Waals surface area contributed by atoms with E-state index in [1.165, 1.54) is 4.88 Å². The van der Waals surface area contributed by atoms with Crippen molar-refractivity contribution in [2.75, 3.05) is 6.54 Å². The van der Waals surface area contributed by atoms with Gasteiger partial charge < -0.3 is 9.88 Å². The molecule has 86 valence electrons. The van der Waals surface area contributed by atoms with Gasteiger partial charge in [-0.2, -0.15) is 0 Å². The third-order valence-corrected chi connectivity index (χ3v) is 3.79. The first-order chi connectivity index (χ1) is 7.77. The molecular weight excluding hydrogens is 218 g/mol. The summed E-state index contributed by atoms with van der Waals surface area (Å²) in [6.07, 6.45) is 3.80. The van der Waals surface area contributed by atoms with Gasteiger partial charge in [-0.25, -0.2) is 4.98 Å². The van der Waals surface area contributed by atoms with E-state index in [1.807, 2.05) is 35.3 Å². The first kappa shape index (κ1) is 11.4. The molecule has 0 spiro atoms. The molecule has 16 heavy (non-hydrogen) atoms. The van der Waals surface area contributed by atoms with Crippen LogP contribution in [0.5, 0.6) is 0 Å². The van der Waals surface area contributed by atoms with Crippen molar-refractivity contribution in [1.29, 1.82) is 0 Å². The highest BCUT2D eigenvalue weighted by Gasteiger charge is 2.06. The van der Waals surface area contributed by atoms with E-state index in [9.17, 15) is 0 Å². The molecule has 0 amide bonds. The molecule has 0 aromatic carbocycles. The van der Waals surface area contributed by atoms with Gasteiger partial charge in [0.2, 0.25) is 0 Å². The van der Waals surface area contributed by atoms with Gasteiger partial charge in [0.15, 0.2) is 0 Å². The van der Waals surface area contributed by atoms with E-state index in [-0.39, 0.29) is 0 Å². The van der Waals surface area contributed by atoms with Gasteiger partial charge in [0, 0.05) is 36.8 Å². The van der Waals surface area contributed by atoms with Gasteiger partial charge in [0.1, 0.15) is 5.82 Å². The molecular formula is C12H17N3S. The minimum atomic E-state index is 0.570. The van der Waals surface area contributed by atoms with Crippen molar-refractivity contribution in [3.63, 3.8) is 0 Å². The molecule has 0 radical (unpaired) electrons. The highest BCUT2D eigenvalue weighted by atomic mass is 32.1. The van der Waals surface area contributed by atoms with Crippen LogP contribution in [0.15, 0.2) is 29.9 Å². The largest absolute Gasteiger partial charge is 0.337 e. The third kappa shape index (κ3) is 2.71. The van der Waals surface area contributed by atoms with E-state index in [2.05, 4.69) is 34.7 Å². The van der Waals surface area contributed by atoms with Crippen LogP contribution < -0.4 is 5.32 Å². The van der Waals surface area contributed by atoms with Crippen molar-refractivity contribution >= 4 is 11.3 Å². The lowest BCUT2D eigenvalue weighted by molar-refractivity contribution is 0.592. The molecule has 1 atom stereocenters. The van der Waals surface area contributed by atoms with Crippen LogP contribution >= 0.6 is 11.3 Å². The smallest absolute Gasteiger partial charge is 0.122 e. The number of nitrogens with one attached hydrogen (secondary N) is 1. The van der Waals surface area contributed by atoms with Gasteiger partial charge >= 0.3 is 0 Å². The third-order valence-electron chi connectivity index (χ3n) is 2.68. The summed E-state index contributed by atoms with van der Waals surface area (Å²) in [6, 6.07) is 4.30. The van der Waals surface area contributed by atoms with E-state index in [0.717, 1.165) is 18.9 Å². The first-order valence-electron chi connectivity index (χ1n) is 5.47. The number of hydrogen-bond acceptors (Lipinski definition) is 3. The predicted molar refractivity (Wildman–Crippen MR) is 67.6 cm³/mol. The van der Waals surface area contributed by atoms with E-state index in [1.54, 1.807) is 0 Å². The highest BCUT2D eigenvalue weighted by molar-refractivity contribution is 7.10. The monoisotopic (exact) mass is 235 g/mol. The molecule has 1 N–H and O–H groups in total. The molecule has 2 aromatic heterocycles. The Balaban J connectivity index is 1.78. The predicted octanol–water partition coefficient (Wildman–Crippen LogP) is 2.37. The van der Waals surface area contributed by atoms with Crippen LogP contribution in [0.25, 0.3) is 0 Å². The SMILES string of the molecule is CC(CNCc1nccn1C)c1cccs1. The molecule has 0 aliphatic heterocycles. The van der Waals surface area contributed by atoms with Gasteiger partial charge in [0.05, 0.1) is 6.54 Å². The zero-order valence-corrected chi connectivity index (χ0v) is 10.5. The maximum Gasteiger partial charge on any atom is 0.122 e. The molecule has 0 aliphatic carbocycles. The number of imidazole rings is 1. The Labute approximate surface area is 100 Å². The lowest BCUT2D eigenvalue weighted by Crippen LogP contribution is -2.21.